The molecule has 2 fully saturated rings. The summed E-state index contributed by atoms with van der Waals surface area (Å²) in [6.07, 6.45) is 7.72. The monoisotopic (exact) mass is 261 g/mol. The van der Waals surface area contributed by atoms with Crippen molar-refractivity contribution in [1.82, 2.24) is 4.90 Å². The summed E-state index contributed by atoms with van der Waals surface area (Å²) in [5, 5.41) is 0.261. The fourth-order valence-corrected chi connectivity index (χ4v) is 3.94. The quantitative estimate of drug-likeness (QED) is 0.706. The van der Waals surface area contributed by atoms with Crippen LogP contribution in [0.15, 0.2) is 0 Å². The average molecular weight is 262 g/mol. The lowest BCUT2D eigenvalue weighted by atomic mass is 9.78. The van der Waals surface area contributed by atoms with Crippen LogP contribution in [0.4, 0.5) is 4.79 Å². The van der Waals surface area contributed by atoms with Gasteiger partial charge in [0, 0.05) is 24.2 Å². The highest BCUT2D eigenvalue weighted by atomic mass is 35.5. The minimum Gasteiger partial charge on any atom is -0.330 e. The Labute approximate surface area is 107 Å². The van der Waals surface area contributed by atoms with E-state index in [1.807, 2.05) is 0 Å². The van der Waals surface area contributed by atoms with E-state index in [1.165, 1.54) is 50.3 Å². The van der Waals surface area contributed by atoms with Gasteiger partial charge in [-0.2, -0.15) is 0 Å². The maximum Gasteiger partial charge on any atom is 0.281 e. The first-order chi connectivity index (χ1) is 7.83. The molecular weight excluding hydrogens is 242 g/mol. The first kappa shape index (κ1) is 12.6. The van der Waals surface area contributed by atoms with Crippen LogP contribution in [0.25, 0.3) is 0 Å². The Kier molecular flexibility index (Phi) is 4.83. The molecule has 16 heavy (non-hydrogen) atoms. The number of alkyl halides is 1. The van der Waals surface area contributed by atoms with Crippen molar-refractivity contribution >= 4 is 28.6 Å². The van der Waals surface area contributed by atoms with Gasteiger partial charge in [0.15, 0.2) is 0 Å². The zero-order chi connectivity index (χ0) is 11.4. The van der Waals surface area contributed by atoms with Crippen LogP contribution >= 0.6 is 23.4 Å². The molecular formula is C12H20ClNOS. The third-order valence-corrected chi connectivity index (χ3v) is 5.08. The molecule has 1 aliphatic carbocycles. The maximum atomic E-state index is 12.0. The summed E-state index contributed by atoms with van der Waals surface area (Å²) >= 11 is 7.02. The van der Waals surface area contributed by atoms with Crippen molar-refractivity contribution in [2.24, 2.45) is 5.92 Å². The molecule has 1 saturated carbocycles. The number of fused-ring (bicyclic) bond motifs is 1. The van der Waals surface area contributed by atoms with E-state index in [-0.39, 0.29) is 5.24 Å². The minimum atomic E-state index is 0.261. The van der Waals surface area contributed by atoms with Crippen LogP contribution in [-0.4, -0.2) is 34.4 Å². The van der Waals surface area contributed by atoms with Gasteiger partial charge in [0.25, 0.3) is 5.24 Å². The first-order valence-corrected chi connectivity index (χ1v) is 7.84. The lowest BCUT2D eigenvalue weighted by Crippen LogP contribution is -2.48. The van der Waals surface area contributed by atoms with E-state index in [1.54, 1.807) is 0 Å². The zero-order valence-electron chi connectivity index (χ0n) is 9.66. The van der Waals surface area contributed by atoms with E-state index in [4.69, 9.17) is 11.6 Å². The average Bonchev–Trinajstić information content (AvgIpc) is 2.35. The summed E-state index contributed by atoms with van der Waals surface area (Å²) in [4.78, 5) is 14.2. The second kappa shape index (κ2) is 6.15. The fraction of sp³-hybridized carbons (Fsp3) is 0.917. The van der Waals surface area contributed by atoms with Gasteiger partial charge in [0.1, 0.15) is 0 Å². The van der Waals surface area contributed by atoms with Gasteiger partial charge in [-0.1, -0.05) is 24.6 Å². The number of carbonyl (C=O) groups is 1. The van der Waals surface area contributed by atoms with E-state index in [2.05, 4.69) is 4.90 Å². The van der Waals surface area contributed by atoms with Crippen molar-refractivity contribution in [3.63, 3.8) is 0 Å². The van der Waals surface area contributed by atoms with Crippen LogP contribution in [0.1, 0.15) is 38.5 Å². The Hall–Kier alpha value is 0.110. The van der Waals surface area contributed by atoms with E-state index < -0.39 is 0 Å². The number of halogens is 1. The second-order valence-electron chi connectivity index (χ2n) is 4.75. The third kappa shape index (κ3) is 2.86. The molecule has 4 heteroatoms. The summed E-state index contributed by atoms with van der Waals surface area (Å²) in [7, 11) is 0. The Bertz CT molecular complexity index is 247. The van der Waals surface area contributed by atoms with Gasteiger partial charge >= 0.3 is 0 Å². The van der Waals surface area contributed by atoms with Gasteiger partial charge in [-0.25, -0.2) is 0 Å². The first-order valence-electron chi connectivity index (χ1n) is 6.32. The Morgan fingerprint density at radius 2 is 2.00 bits per heavy atom. The lowest BCUT2D eigenvalue weighted by Gasteiger charge is -2.43. The molecule has 0 N–H and O–H groups in total. The van der Waals surface area contributed by atoms with Crippen molar-refractivity contribution in [3.05, 3.63) is 0 Å². The molecule has 0 aromatic carbocycles. The van der Waals surface area contributed by atoms with Crippen LogP contribution in [0.2, 0.25) is 0 Å². The number of likely N-dealkylation sites (tertiary alicyclic amines) is 1. The number of amides is 1. The molecule has 0 aromatic rings. The third-order valence-electron chi connectivity index (χ3n) is 3.78. The number of hydrogen-bond acceptors (Lipinski definition) is 2. The highest BCUT2D eigenvalue weighted by Crippen LogP contribution is 2.36. The Morgan fingerprint density at radius 3 is 2.81 bits per heavy atom. The SMILES string of the molecule is O=C(SCCCl)N1CCCC2CCCCC21. The van der Waals surface area contributed by atoms with Crippen LogP contribution in [0.3, 0.4) is 0 Å². The maximum absolute atomic E-state index is 12.0. The number of nitrogens with zero attached hydrogens (tertiary/aromatic N) is 1. The highest BCUT2D eigenvalue weighted by Gasteiger charge is 2.35. The smallest absolute Gasteiger partial charge is 0.281 e. The van der Waals surface area contributed by atoms with Gasteiger partial charge in [-0.3, -0.25) is 4.79 Å². The number of carbonyl (C=O) groups excluding carboxylic acids is 1. The van der Waals surface area contributed by atoms with E-state index in [0.717, 1.165) is 18.2 Å². The Balaban J connectivity index is 1.93. The van der Waals surface area contributed by atoms with Crippen molar-refractivity contribution < 1.29 is 4.79 Å². The molecule has 2 rings (SSSR count). The fourth-order valence-electron chi connectivity index (χ4n) is 3.06. The van der Waals surface area contributed by atoms with Gasteiger partial charge in [0.2, 0.25) is 0 Å². The van der Waals surface area contributed by atoms with Gasteiger partial charge in [-0.15, -0.1) is 11.6 Å². The van der Waals surface area contributed by atoms with Crippen molar-refractivity contribution in [3.8, 4) is 0 Å². The molecule has 1 saturated heterocycles. The molecule has 2 aliphatic rings. The number of piperidine rings is 1. The van der Waals surface area contributed by atoms with Gasteiger partial charge in [0.05, 0.1) is 0 Å². The number of rotatable bonds is 2. The second-order valence-corrected chi connectivity index (χ2v) is 6.17. The predicted octanol–water partition coefficient (Wildman–Crippen LogP) is 3.73. The van der Waals surface area contributed by atoms with Gasteiger partial charge in [-0.05, 0) is 31.6 Å². The van der Waals surface area contributed by atoms with Crippen molar-refractivity contribution in [2.75, 3.05) is 18.2 Å². The van der Waals surface area contributed by atoms with Crippen LogP contribution in [-0.2, 0) is 0 Å². The molecule has 0 radical (unpaired) electrons. The van der Waals surface area contributed by atoms with E-state index in [0.29, 0.717) is 11.9 Å². The zero-order valence-corrected chi connectivity index (χ0v) is 11.2. The lowest BCUT2D eigenvalue weighted by molar-refractivity contribution is 0.0968. The largest absolute Gasteiger partial charge is 0.330 e. The van der Waals surface area contributed by atoms with Crippen LogP contribution in [0.5, 0.6) is 0 Å². The summed E-state index contributed by atoms with van der Waals surface area (Å²) in [6, 6.07) is 0.540. The Morgan fingerprint density at radius 1 is 1.25 bits per heavy atom. The number of hydrogen-bond donors (Lipinski definition) is 0. The molecule has 92 valence electrons. The topological polar surface area (TPSA) is 20.3 Å². The molecule has 1 amide bonds. The van der Waals surface area contributed by atoms with Crippen LogP contribution < -0.4 is 0 Å². The predicted molar refractivity (Wildman–Crippen MR) is 70.3 cm³/mol. The van der Waals surface area contributed by atoms with E-state index in [9.17, 15) is 4.79 Å². The molecule has 0 spiro atoms. The number of thioether (sulfide) groups is 1. The summed E-state index contributed by atoms with van der Waals surface area (Å²) < 4.78 is 0. The van der Waals surface area contributed by atoms with Crippen molar-refractivity contribution in [2.45, 2.75) is 44.6 Å². The minimum absolute atomic E-state index is 0.261. The molecule has 0 bridgehead atoms. The normalized spacial score (nSPS) is 29.9. The molecule has 1 aliphatic heterocycles. The molecule has 2 atom stereocenters. The molecule has 1 heterocycles. The highest BCUT2D eigenvalue weighted by molar-refractivity contribution is 8.13. The van der Waals surface area contributed by atoms with Crippen molar-refractivity contribution in [1.29, 1.82) is 0 Å². The van der Waals surface area contributed by atoms with Gasteiger partial charge < -0.3 is 4.90 Å². The summed E-state index contributed by atoms with van der Waals surface area (Å²) in [6.45, 7) is 0.968. The summed E-state index contributed by atoms with van der Waals surface area (Å²) in [5.74, 6) is 2.09. The molecule has 2 nitrogen and oxygen atoms in total. The summed E-state index contributed by atoms with van der Waals surface area (Å²) in [5.41, 5.74) is 0. The standard InChI is InChI=1S/C12H20ClNOS/c13-7-9-16-12(15)14-8-3-5-10-4-1-2-6-11(10)14/h10-11H,1-9H2. The molecule has 0 aromatic heterocycles. The van der Waals surface area contributed by atoms with E-state index >= 15 is 0 Å². The molecule has 2 unspecified atom stereocenters. The van der Waals surface area contributed by atoms with Crippen LogP contribution in [0, 0.1) is 5.92 Å².